The van der Waals surface area contributed by atoms with Gasteiger partial charge in [0.1, 0.15) is 18.4 Å². The number of carbonyl (C=O) groups excluding carboxylic acids is 1. The van der Waals surface area contributed by atoms with Crippen LogP contribution >= 0.6 is 0 Å². The molecule has 0 unspecified atom stereocenters. The maximum atomic E-state index is 11.6. The number of nitrogens with one attached hydrogen (secondary N) is 1. The fourth-order valence-corrected chi connectivity index (χ4v) is 1.88. The predicted molar refractivity (Wildman–Crippen MR) is 54.4 cm³/mol. The summed E-state index contributed by atoms with van der Waals surface area (Å²) >= 11 is 0. The number of oxime groups is 1. The second-order valence-electron chi connectivity index (χ2n) is 4.05. The highest BCUT2D eigenvalue weighted by molar-refractivity contribution is 6.21. The van der Waals surface area contributed by atoms with Gasteiger partial charge in [-0.15, -0.1) is 0 Å². The van der Waals surface area contributed by atoms with Crippen LogP contribution in [0.3, 0.4) is 0 Å². The van der Waals surface area contributed by atoms with Crippen LogP contribution in [0, 0.1) is 5.41 Å². The van der Waals surface area contributed by atoms with Crippen molar-refractivity contribution in [2.45, 2.75) is 19.8 Å². The molecule has 1 aliphatic carbocycles. The molecule has 82 valence electrons. The van der Waals surface area contributed by atoms with Crippen LogP contribution in [0.4, 0.5) is 0 Å². The Labute approximate surface area is 87.8 Å². The summed E-state index contributed by atoms with van der Waals surface area (Å²) in [7, 11) is 1.41. The van der Waals surface area contributed by atoms with Crippen LogP contribution in [-0.2, 0) is 9.63 Å². The summed E-state index contributed by atoms with van der Waals surface area (Å²) < 4.78 is 0. The predicted octanol–water partition coefficient (Wildman–Crippen LogP) is 0.731. The Bertz CT molecular complexity index is 367. The molecular weight excluding hydrogens is 196 g/mol. The van der Waals surface area contributed by atoms with Gasteiger partial charge in [0.25, 0.3) is 5.91 Å². The molecule has 0 aromatic heterocycles. The third-order valence-electron chi connectivity index (χ3n) is 3.00. The summed E-state index contributed by atoms with van der Waals surface area (Å²) in [6, 6.07) is 0. The van der Waals surface area contributed by atoms with Crippen molar-refractivity contribution in [3.63, 3.8) is 0 Å². The molecule has 1 spiro atoms. The fourth-order valence-electron chi connectivity index (χ4n) is 1.88. The minimum Gasteiger partial charge on any atom is -0.511 e. The average molecular weight is 210 g/mol. The molecule has 2 aliphatic rings. The molecule has 0 aromatic rings. The maximum Gasteiger partial charge on any atom is 0.256 e. The molecule has 1 saturated carbocycles. The van der Waals surface area contributed by atoms with Gasteiger partial charge in [-0.05, 0) is 19.8 Å². The van der Waals surface area contributed by atoms with Gasteiger partial charge in [0, 0.05) is 12.0 Å². The van der Waals surface area contributed by atoms with Crippen LogP contribution in [-0.4, -0.2) is 30.4 Å². The molecule has 0 saturated heterocycles. The number of aliphatic hydroxyl groups is 1. The van der Waals surface area contributed by atoms with E-state index in [0.717, 1.165) is 12.8 Å². The standard InChI is InChI=1S/C10H14N2O3/c1-6(12-15-2)7-8(13)10(3-4-10)5-11-9(7)14/h13H,3-5H2,1-2H3,(H,11,14). The first-order chi connectivity index (χ1) is 7.10. The number of amides is 1. The minimum atomic E-state index is -0.275. The number of aliphatic hydroxyl groups excluding tert-OH is 1. The Hall–Kier alpha value is -1.52. The number of hydrogen-bond acceptors (Lipinski definition) is 4. The molecule has 1 fully saturated rings. The van der Waals surface area contributed by atoms with Gasteiger partial charge >= 0.3 is 0 Å². The summed E-state index contributed by atoms with van der Waals surface area (Å²) in [5.41, 5.74) is 0.465. The summed E-state index contributed by atoms with van der Waals surface area (Å²) in [5, 5.41) is 16.5. The van der Waals surface area contributed by atoms with E-state index in [4.69, 9.17) is 0 Å². The average Bonchev–Trinajstić information content (AvgIpc) is 2.94. The molecular formula is C10H14N2O3. The van der Waals surface area contributed by atoms with E-state index in [-0.39, 0.29) is 22.7 Å². The van der Waals surface area contributed by atoms with Gasteiger partial charge in [-0.1, -0.05) is 5.16 Å². The first kappa shape index (κ1) is 10.0. The van der Waals surface area contributed by atoms with Crippen molar-refractivity contribution in [3.8, 4) is 0 Å². The van der Waals surface area contributed by atoms with Crippen LogP contribution in [0.2, 0.25) is 0 Å². The normalized spacial score (nSPS) is 24.1. The summed E-state index contributed by atoms with van der Waals surface area (Å²) in [5.74, 6) is -0.104. The van der Waals surface area contributed by atoms with Gasteiger partial charge in [0.15, 0.2) is 0 Å². The van der Waals surface area contributed by atoms with E-state index in [0.29, 0.717) is 12.3 Å². The Morgan fingerprint density at radius 2 is 2.27 bits per heavy atom. The molecule has 15 heavy (non-hydrogen) atoms. The number of carbonyl (C=O) groups is 1. The van der Waals surface area contributed by atoms with E-state index in [1.54, 1.807) is 6.92 Å². The zero-order chi connectivity index (χ0) is 11.1. The Morgan fingerprint density at radius 1 is 1.60 bits per heavy atom. The highest BCUT2D eigenvalue weighted by Gasteiger charge is 2.51. The van der Waals surface area contributed by atoms with E-state index in [2.05, 4.69) is 15.3 Å². The number of hydrogen-bond donors (Lipinski definition) is 2. The second kappa shape index (κ2) is 3.25. The third kappa shape index (κ3) is 1.48. The fraction of sp³-hybridized carbons (Fsp3) is 0.600. The van der Waals surface area contributed by atoms with Gasteiger partial charge in [-0.2, -0.15) is 0 Å². The highest BCUT2D eigenvalue weighted by Crippen LogP contribution is 2.52. The first-order valence-corrected chi connectivity index (χ1v) is 4.91. The van der Waals surface area contributed by atoms with Crippen LogP contribution in [0.5, 0.6) is 0 Å². The van der Waals surface area contributed by atoms with Gasteiger partial charge in [0.05, 0.1) is 5.71 Å². The van der Waals surface area contributed by atoms with Crippen molar-refractivity contribution in [3.05, 3.63) is 11.3 Å². The Morgan fingerprint density at radius 3 is 2.80 bits per heavy atom. The van der Waals surface area contributed by atoms with Crippen LogP contribution in [0.25, 0.3) is 0 Å². The van der Waals surface area contributed by atoms with Crippen molar-refractivity contribution in [1.29, 1.82) is 0 Å². The molecule has 1 heterocycles. The summed E-state index contributed by atoms with van der Waals surface area (Å²) in [4.78, 5) is 16.2. The van der Waals surface area contributed by atoms with Gasteiger partial charge in [-0.25, -0.2) is 0 Å². The molecule has 0 bridgehead atoms. The smallest absolute Gasteiger partial charge is 0.256 e. The molecule has 0 atom stereocenters. The lowest BCUT2D eigenvalue weighted by atomic mass is 9.93. The topological polar surface area (TPSA) is 70.9 Å². The highest BCUT2D eigenvalue weighted by atomic mass is 16.6. The van der Waals surface area contributed by atoms with E-state index in [9.17, 15) is 9.90 Å². The molecule has 2 rings (SSSR count). The summed E-state index contributed by atoms with van der Waals surface area (Å²) in [6.07, 6.45) is 1.84. The second-order valence-corrected chi connectivity index (χ2v) is 4.05. The monoisotopic (exact) mass is 210 g/mol. The quantitative estimate of drug-likeness (QED) is 0.521. The van der Waals surface area contributed by atoms with Crippen molar-refractivity contribution in [1.82, 2.24) is 5.32 Å². The molecule has 0 radical (unpaired) electrons. The first-order valence-electron chi connectivity index (χ1n) is 4.91. The third-order valence-corrected chi connectivity index (χ3v) is 3.00. The lowest BCUT2D eigenvalue weighted by molar-refractivity contribution is -0.118. The van der Waals surface area contributed by atoms with Crippen LogP contribution in [0.1, 0.15) is 19.8 Å². The largest absolute Gasteiger partial charge is 0.511 e. The van der Waals surface area contributed by atoms with Crippen molar-refractivity contribution in [2.24, 2.45) is 10.6 Å². The number of rotatable bonds is 2. The van der Waals surface area contributed by atoms with Gasteiger partial charge < -0.3 is 15.3 Å². The molecule has 1 aliphatic heterocycles. The van der Waals surface area contributed by atoms with E-state index >= 15 is 0 Å². The van der Waals surface area contributed by atoms with E-state index < -0.39 is 0 Å². The Balaban J connectivity index is 2.41. The van der Waals surface area contributed by atoms with Gasteiger partial charge in [0.2, 0.25) is 0 Å². The zero-order valence-electron chi connectivity index (χ0n) is 8.83. The molecule has 1 amide bonds. The number of nitrogens with zero attached hydrogens (tertiary/aromatic N) is 1. The molecule has 0 aromatic carbocycles. The van der Waals surface area contributed by atoms with Gasteiger partial charge in [-0.3, -0.25) is 4.79 Å². The van der Waals surface area contributed by atoms with Crippen LogP contribution < -0.4 is 5.32 Å². The van der Waals surface area contributed by atoms with Crippen LogP contribution in [0.15, 0.2) is 16.5 Å². The maximum absolute atomic E-state index is 11.6. The molecule has 5 heteroatoms. The lowest BCUT2D eigenvalue weighted by Gasteiger charge is -2.24. The molecule has 2 N–H and O–H groups in total. The zero-order valence-corrected chi connectivity index (χ0v) is 8.83. The van der Waals surface area contributed by atoms with E-state index in [1.807, 2.05) is 0 Å². The molecule has 5 nitrogen and oxygen atoms in total. The SMILES string of the molecule is CON=C(C)C1=C(O)C2(CC2)CNC1=O. The summed E-state index contributed by atoms with van der Waals surface area (Å²) in [6.45, 7) is 2.18. The van der Waals surface area contributed by atoms with E-state index in [1.165, 1.54) is 7.11 Å². The minimum absolute atomic E-state index is 0.171. The van der Waals surface area contributed by atoms with Crippen molar-refractivity contribution in [2.75, 3.05) is 13.7 Å². The van der Waals surface area contributed by atoms with Crippen molar-refractivity contribution < 1.29 is 14.7 Å². The van der Waals surface area contributed by atoms with Crippen molar-refractivity contribution >= 4 is 11.6 Å². The Kier molecular flexibility index (Phi) is 2.17. The lowest BCUT2D eigenvalue weighted by Crippen LogP contribution is -2.40.